The summed E-state index contributed by atoms with van der Waals surface area (Å²) in [6.45, 7) is 0. The maximum Gasteiger partial charge on any atom is 0.285 e. The summed E-state index contributed by atoms with van der Waals surface area (Å²) in [7, 11) is -4.04. The standard InChI is InChI=1S/C16H10Cl3N3O3S/c17-10-1-4-12(5-2-10)26(24,25)21-16(23)14-8-22(9-20-14)15-6-3-11(18)7-13(15)19/h1-9H,(H,21,23). The van der Waals surface area contributed by atoms with Gasteiger partial charge in [-0.2, -0.15) is 0 Å². The van der Waals surface area contributed by atoms with Gasteiger partial charge in [-0.1, -0.05) is 34.8 Å². The number of hydrogen-bond acceptors (Lipinski definition) is 4. The highest BCUT2D eigenvalue weighted by atomic mass is 35.5. The highest BCUT2D eigenvalue weighted by Crippen LogP contribution is 2.24. The van der Waals surface area contributed by atoms with Crippen molar-refractivity contribution in [1.29, 1.82) is 0 Å². The fraction of sp³-hybridized carbons (Fsp3) is 0. The summed E-state index contributed by atoms with van der Waals surface area (Å²) in [5, 5.41) is 1.20. The van der Waals surface area contributed by atoms with E-state index in [0.717, 1.165) is 0 Å². The lowest BCUT2D eigenvalue weighted by atomic mass is 10.3. The van der Waals surface area contributed by atoms with Crippen LogP contribution in [0.4, 0.5) is 0 Å². The molecule has 1 amide bonds. The van der Waals surface area contributed by atoms with Gasteiger partial charge in [0.15, 0.2) is 0 Å². The zero-order valence-corrected chi connectivity index (χ0v) is 15.9. The van der Waals surface area contributed by atoms with Crippen molar-refractivity contribution in [2.45, 2.75) is 4.90 Å². The zero-order valence-electron chi connectivity index (χ0n) is 12.9. The predicted molar refractivity (Wildman–Crippen MR) is 99.7 cm³/mol. The molecule has 0 aliphatic carbocycles. The van der Waals surface area contributed by atoms with Gasteiger partial charge in [-0.15, -0.1) is 0 Å². The van der Waals surface area contributed by atoms with E-state index < -0.39 is 15.9 Å². The highest BCUT2D eigenvalue weighted by molar-refractivity contribution is 7.90. The predicted octanol–water partition coefficient (Wildman–Crippen LogP) is 3.95. The van der Waals surface area contributed by atoms with Crippen LogP contribution in [0.5, 0.6) is 0 Å². The molecule has 0 spiro atoms. The quantitative estimate of drug-likeness (QED) is 0.679. The Labute approximate surface area is 164 Å². The van der Waals surface area contributed by atoms with Crippen LogP contribution in [-0.2, 0) is 10.0 Å². The average Bonchev–Trinajstić information content (AvgIpc) is 3.04. The average molecular weight is 431 g/mol. The lowest BCUT2D eigenvalue weighted by Gasteiger charge is -2.06. The number of rotatable bonds is 4. The van der Waals surface area contributed by atoms with E-state index in [1.807, 2.05) is 4.72 Å². The Bertz CT molecular complexity index is 1080. The van der Waals surface area contributed by atoms with E-state index >= 15 is 0 Å². The molecule has 1 N–H and O–H groups in total. The molecule has 0 radical (unpaired) electrons. The van der Waals surface area contributed by atoms with Crippen molar-refractivity contribution in [1.82, 2.24) is 14.3 Å². The zero-order chi connectivity index (χ0) is 18.9. The molecule has 0 saturated heterocycles. The van der Waals surface area contributed by atoms with Crippen LogP contribution in [0, 0.1) is 0 Å². The number of hydrogen-bond donors (Lipinski definition) is 1. The maximum atomic E-state index is 12.3. The van der Waals surface area contributed by atoms with Gasteiger partial charge in [-0.25, -0.2) is 18.1 Å². The van der Waals surface area contributed by atoms with Gasteiger partial charge in [-0.3, -0.25) is 4.79 Å². The number of imidazole rings is 1. The van der Waals surface area contributed by atoms with E-state index in [4.69, 9.17) is 34.8 Å². The first-order valence-electron chi connectivity index (χ1n) is 7.08. The second-order valence-corrected chi connectivity index (χ2v) is 8.11. The van der Waals surface area contributed by atoms with Gasteiger partial charge < -0.3 is 4.57 Å². The maximum absolute atomic E-state index is 12.3. The summed E-state index contributed by atoms with van der Waals surface area (Å²) in [6.07, 6.45) is 2.71. The summed E-state index contributed by atoms with van der Waals surface area (Å²) in [6, 6.07) is 10.2. The van der Waals surface area contributed by atoms with Gasteiger partial charge in [0.25, 0.3) is 15.9 Å². The van der Waals surface area contributed by atoms with Crippen molar-refractivity contribution in [3.05, 3.63) is 75.8 Å². The summed E-state index contributed by atoms with van der Waals surface area (Å²) in [5.74, 6) is -0.871. The second-order valence-electron chi connectivity index (χ2n) is 5.15. The Kier molecular flexibility index (Phi) is 5.24. The summed E-state index contributed by atoms with van der Waals surface area (Å²) in [4.78, 5) is 16.1. The molecule has 6 nitrogen and oxygen atoms in total. The molecule has 2 aromatic carbocycles. The Hall–Kier alpha value is -2.06. The van der Waals surface area contributed by atoms with Crippen LogP contribution in [0.15, 0.2) is 59.9 Å². The Morgan fingerprint density at radius 3 is 2.31 bits per heavy atom. The lowest BCUT2D eigenvalue weighted by molar-refractivity contribution is 0.0977. The number of sulfonamides is 1. The molecule has 0 aliphatic heterocycles. The molecule has 0 atom stereocenters. The number of carbonyl (C=O) groups excluding carboxylic acids is 1. The van der Waals surface area contributed by atoms with Crippen molar-refractivity contribution in [2.24, 2.45) is 0 Å². The molecule has 1 heterocycles. The number of carbonyl (C=O) groups is 1. The van der Waals surface area contributed by atoms with E-state index in [0.29, 0.717) is 20.8 Å². The number of benzene rings is 2. The van der Waals surface area contributed by atoms with Crippen LogP contribution >= 0.6 is 34.8 Å². The third kappa shape index (κ3) is 4.02. The van der Waals surface area contributed by atoms with Crippen LogP contribution in [0.3, 0.4) is 0 Å². The van der Waals surface area contributed by atoms with Crippen LogP contribution in [0.1, 0.15) is 10.5 Å². The first-order chi connectivity index (χ1) is 12.3. The van der Waals surface area contributed by atoms with Crippen molar-refractivity contribution in [2.75, 3.05) is 0 Å². The minimum absolute atomic E-state index is 0.0876. The molecule has 3 aromatic rings. The van der Waals surface area contributed by atoms with Crippen LogP contribution < -0.4 is 4.72 Å². The van der Waals surface area contributed by atoms with Gasteiger partial charge >= 0.3 is 0 Å². The fourth-order valence-electron chi connectivity index (χ4n) is 2.11. The third-order valence-electron chi connectivity index (χ3n) is 3.35. The molecule has 26 heavy (non-hydrogen) atoms. The molecule has 0 aliphatic rings. The minimum Gasteiger partial charge on any atom is -0.304 e. The van der Waals surface area contributed by atoms with E-state index in [-0.39, 0.29) is 10.6 Å². The fourth-order valence-corrected chi connectivity index (χ4v) is 3.70. The summed E-state index contributed by atoms with van der Waals surface area (Å²) in [5.41, 5.74) is 0.455. The molecule has 134 valence electrons. The van der Waals surface area contributed by atoms with Crippen LogP contribution in [-0.4, -0.2) is 23.9 Å². The molecule has 0 unspecified atom stereocenters. The smallest absolute Gasteiger partial charge is 0.285 e. The normalized spacial score (nSPS) is 11.3. The van der Waals surface area contributed by atoms with Crippen molar-refractivity contribution in [3.63, 3.8) is 0 Å². The Morgan fingerprint density at radius 1 is 1.00 bits per heavy atom. The molecule has 3 rings (SSSR count). The first kappa shape index (κ1) is 18.7. The first-order valence-corrected chi connectivity index (χ1v) is 9.70. The molecule has 0 fully saturated rings. The second kappa shape index (κ2) is 7.28. The van der Waals surface area contributed by atoms with Crippen LogP contribution in [0.25, 0.3) is 5.69 Å². The molecular weight excluding hydrogens is 421 g/mol. The largest absolute Gasteiger partial charge is 0.304 e. The third-order valence-corrected chi connectivity index (χ3v) is 5.49. The molecule has 1 aromatic heterocycles. The monoisotopic (exact) mass is 429 g/mol. The van der Waals surface area contributed by atoms with E-state index in [9.17, 15) is 13.2 Å². The molecule has 10 heteroatoms. The number of nitrogens with one attached hydrogen (secondary N) is 1. The molecule has 0 saturated carbocycles. The van der Waals surface area contributed by atoms with Gasteiger partial charge in [0.05, 0.1) is 15.6 Å². The number of amides is 1. The minimum atomic E-state index is -4.04. The van der Waals surface area contributed by atoms with Crippen molar-refractivity contribution < 1.29 is 13.2 Å². The van der Waals surface area contributed by atoms with Crippen molar-refractivity contribution in [3.8, 4) is 5.69 Å². The topological polar surface area (TPSA) is 81.1 Å². The van der Waals surface area contributed by atoms with Gasteiger partial charge in [0, 0.05) is 16.2 Å². The van der Waals surface area contributed by atoms with Gasteiger partial charge in [0.1, 0.15) is 12.0 Å². The van der Waals surface area contributed by atoms with E-state index in [1.165, 1.54) is 41.4 Å². The van der Waals surface area contributed by atoms with Crippen molar-refractivity contribution >= 4 is 50.7 Å². The van der Waals surface area contributed by atoms with E-state index in [2.05, 4.69) is 4.98 Å². The molecular formula is C16H10Cl3N3O3S. The number of halogens is 3. The summed E-state index contributed by atoms with van der Waals surface area (Å²) < 4.78 is 27.9. The number of nitrogens with zero attached hydrogens (tertiary/aromatic N) is 2. The molecule has 0 bridgehead atoms. The lowest BCUT2D eigenvalue weighted by Crippen LogP contribution is -2.30. The van der Waals surface area contributed by atoms with Gasteiger partial charge in [0.2, 0.25) is 0 Å². The van der Waals surface area contributed by atoms with E-state index in [1.54, 1.807) is 18.2 Å². The van der Waals surface area contributed by atoms with Gasteiger partial charge in [-0.05, 0) is 42.5 Å². The highest BCUT2D eigenvalue weighted by Gasteiger charge is 2.20. The Balaban J connectivity index is 1.83. The summed E-state index contributed by atoms with van der Waals surface area (Å²) >= 11 is 17.7. The van der Waals surface area contributed by atoms with Crippen LogP contribution in [0.2, 0.25) is 15.1 Å². The Morgan fingerprint density at radius 2 is 1.65 bits per heavy atom. The SMILES string of the molecule is O=C(NS(=O)(=O)c1ccc(Cl)cc1)c1cn(-c2ccc(Cl)cc2Cl)cn1. The number of aromatic nitrogens is 2.